The standard InChI is InChI=1S/C32H32Cl2N4O9/c1-4-43-26-12-20(29-28(31(40)42-3)17(2)36-32(41)37-29)6-8-23(26)44-15-27(39)38-35-13-19-9-21(33)30(22(34)10-19)45-14-18-5-7-24-25(11-18)47-16-46-24/h5-13,27,29,38-39H,4,14-16H2,1-3H3,(H2,36,37,41)/b35-13-/t27-,29-/m0/s1. The van der Waals surface area contributed by atoms with Gasteiger partial charge in [0.25, 0.3) is 0 Å². The van der Waals surface area contributed by atoms with Crippen LogP contribution in [0.4, 0.5) is 4.79 Å². The van der Waals surface area contributed by atoms with Crippen molar-refractivity contribution >= 4 is 41.4 Å². The van der Waals surface area contributed by atoms with Crippen molar-refractivity contribution in [1.29, 1.82) is 0 Å². The fourth-order valence-corrected chi connectivity index (χ4v) is 5.41. The first-order valence-electron chi connectivity index (χ1n) is 14.4. The van der Waals surface area contributed by atoms with Gasteiger partial charge in [-0.1, -0.05) is 35.3 Å². The number of ether oxygens (including phenoxy) is 6. The van der Waals surface area contributed by atoms with Crippen molar-refractivity contribution in [3.05, 3.63) is 86.5 Å². The van der Waals surface area contributed by atoms with Gasteiger partial charge in [0.1, 0.15) is 13.2 Å². The lowest BCUT2D eigenvalue weighted by molar-refractivity contribution is -0.136. The van der Waals surface area contributed by atoms with E-state index in [0.29, 0.717) is 52.2 Å². The third-order valence-corrected chi connectivity index (χ3v) is 7.51. The number of methoxy groups -OCH3 is 1. The average molecular weight is 688 g/mol. The highest BCUT2D eigenvalue weighted by molar-refractivity contribution is 6.37. The second kappa shape index (κ2) is 15.2. The van der Waals surface area contributed by atoms with E-state index in [1.165, 1.54) is 13.3 Å². The number of hydrazone groups is 1. The molecule has 0 bridgehead atoms. The quantitative estimate of drug-likeness (QED) is 0.0850. The molecule has 0 aliphatic carbocycles. The van der Waals surface area contributed by atoms with Crippen molar-refractivity contribution in [2.45, 2.75) is 32.7 Å². The molecule has 2 amide bonds. The Morgan fingerprint density at radius 1 is 1.09 bits per heavy atom. The van der Waals surface area contributed by atoms with E-state index in [9.17, 15) is 14.7 Å². The van der Waals surface area contributed by atoms with Gasteiger partial charge in [-0.3, -0.25) is 5.43 Å². The number of benzene rings is 3. The van der Waals surface area contributed by atoms with Gasteiger partial charge < -0.3 is 44.2 Å². The zero-order chi connectivity index (χ0) is 33.5. The van der Waals surface area contributed by atoms with Crippen LogP contribution >= 0.6 is 23.2 Å². The van der Waals surface area contributed by atoms with Gasteiger partial charge in [-0.25, -0.2) is 9.59 Å². The number of hydrogen-bond donors (Lipinski definition) is 4. The van der Waals surface area contributed by atoms with Crippen molar-refractivity contribution in [1.82, 2.24) is 16.1 Å². The van der Waals surface area contributed by atoms with Gasteiger partial charge in [0.2, 0.25) is 6.79 Å². The number of esters is 1. The van der Waals surface area contributed by atoms with E-state index in [4.69, 9.17) is 51.6 Å². The van der Waals surface area contributed by atoms with Crippen molar-refractivity contribution in [3.8, 4) is 28.7 Å². The van der Waals surface area contributed by atoms with Gasteiger partial charge in [0.15, 0.2) is 35.0 Å². The van der Waals surface area contributed by atoms with Crippen LogP contribution in [0.5, 0.6) is 28.7 Å². The zero-order valence-corrected chi connectivity index (χ0v) is 27.1. The van der Waals surface area contributed by atoms with E-state index in [1.807, 2.05) is 18.2 Å². The molecule has 248 valence electrons. The van der Waals surface area contributed by atoms with Crippen molar-refractivity contribution in [3.63, 3.8) is 0 Å². The molecule has 4 N–H and O–H groups in total. The Morgan fingerprint density at radius 3 is 2.60 bits per heavy atom. The molecule has 0 aromatic heterocycles. The van der Waals surface area contributed by atoms with Crippen LogP contribution in [-0.2, 0) is 16.1 Å². The number of nitrogens with one attached hydrogen (secondary N) is 3. The topological polar surface area (TPSA) is 158 Å². The normalized spacial score (nSPS) is 16.0. The smallest absolute Gasteiger partial charge is 0.337 e. The number of fused-ring (bicyclic) bond motifs is 1. The lowest BCUT2D eigenvalue weighted by atomic mass is 9.95. The Labute approximate surface area is 280 Å². The fraction of sp³-hybridized carbons (Fsp3) is 0.281. The molecule has 0 saturated carbocycles. The molecule has 0 spiro atoms. The first-order valence-corrected chi connectivity index (χ1v) is 15.2. The number of urea groups is 1. The number of amides is 2. The van der Waals surface area contributed by atoms with Gasteiger partial charge in [-0.15, -0.1) is 0 Å². The number of allylic oxidation sites excluding steroid dienone is 1. The zero-order valence-electron chi connectivity index (χ0n) is 25.6. The summed E-state index contributed by atoms with van der Waals surface area (Å²) in [5.41, 5.74) is 5.20. The molecule has 0 saturated heterocycles. The third kappa shape index (κ3) is 8.12. The molecule has 2 atom stereocenters. The molecule has 2 heterocycles. The summed E-state index contributed by atoms with van der Waals surface area (Å²) in [6, 6.07) is 12.5. The van der Waals surface area contributed by atoms with Crippen LogP contribution in [-0.4, -0.2) is 56.7 Å². The van der Waals surface area contributed by atoms with Crippen LogP contribution in [0.25, 0.3) is 0 Å². The van der Waals surface area contributed by atoms with Crippen molar-refractivity contribution in [2.24, 2.45) is 5.10 Å². The molecule has 47 heavy (non-hydrogen) atoms. The van der Waals surface area contributed by atoms with Crippen molar-refractivity contribution in [2.75, 3.05) is 27.1 Å². The Balaban J connectivity index is 1.18. The highest BCUT2D eigenvalue weighted by Crippen LogP contribution is 2.37. The fourth-order valence-electron chi connectivity index (χ4n) is 4.80. The summed E-state index contributed by atoms with van der Waals surface area (Å²) in [6.45, 7) is 3.94. The number of halogens is 2. The number of carbonyl (C=O) groups is 2. The Kier molecular flexibility index (Phi) is 10.8. The maximum Gasteiger partial charge on any atom is 0.337 e. The van der Waals surface area contributed by atoms with Crippen molar-refractivity contribution < 1.29 is 43.1 Å². The summed E-state index contributed by atoms with van der Waals surface area (Å²) in [6.07, 6.45) is 0.237. The number of aliphatic hydroxyl groups is 1. The first-order chi connectivity index (χ1) is 22.7. The lowest BCUT2D eigenvalue weighted by Crippen LogP contribution is -2.45. The monoisotopic (exact) mass is 686 g/mol. The van der Waals surface area contributed by atoms with E-state index >= 15 is 0 Å². The van der Waals surface area contributed by atoms with E-state index in [-0.39, 0.29) is 35.6 Å². The number of rotatable bonds is 13. The van der Waals surface area contributed by atoms with Crippen LogP contribution in [0.3, 0.4) is 0 Å². The number of hydrogen-bond acceptors (Lipinski definition) is 11. The molecule has 13 nitrogen and oxygen atoms in total. The van der Waals surface area contributed by atoms with Gasteiger partial charge in [0, 0.05) is 5.70 Å². The number of aliphatic hydroxyl groups excluding tert-OH is 1. The average Bonchev–Trinajstić information content (AvgIpc) is 3.51. The highest BCUT2D eigenvalue weighted by atomic mass is 35.5. The number of carbonyl (C=O) groups excluding carboxylic acids is 2. The van der Waals surface area contributed by atoms with E-state index < -0.39 is 24.3 Å². The summed E-state index contributed by atoms with van der Waals surface area (Å²) in [5, 5.41) is 20.4. The first kappa shape index (κ1) is 33.5. The van der Waals surface area contributed by atoms with Gasteiger partial charge in [-0.05, 0) is 66.9 Å². The van der Waals surface area contributed by atoms with E-state index in [2.05, 4.69) is 21.2 Å². The maximum atomic E-state index is 12.5. The van der Waals surface area contributed by atoms with E-state index in [1.54, 1.807) is 44.2 Å². The minimum Gasteiger partial charge on any atom is -0.490 e. The second-order valence-corrected chi connectivity index (χ2v) is 11.0. The minimum atomic E-state index is -1.20. The summed E-state index contributed by atoms with van der Waals surface area (Å²) < 4.78 is 33.0. The molecule has 2 aliphatic rings. The van der Waals surface area contributed by atoms with Crippen LogP contribution < -0.4 is 39.7 Å². The molecule has 5 rings (SSSR count). The molecule has 0 fully saturated rings. The van der Waals surface area contributed by atoms with Crippen LogP contribution in [0, 0.1) is 0 Å². The summed E-state index contributed by atoms with van der Waals surface area (Å²) in [5.74, 6) is 1.74. The molecular weight excluding hydrogens is 655 g/mol. The second-order valence-electron chi connectivity index (χ2n) is 10.2. The molecule has 0 radical (unpaired) electrons. The van der Waals surface area contributed by atoms with Crippen LogP contribution in [0.2, 0.25) is 10.0 Å². The van der Waals surface area contributed by atoms with Gasteiger partial charge >= 0.3 is 12.0 Å². The highest BCUT2D eigenvalue weighted by Gasteiger charge is 2.32. The Bertz CT molecular complexity index is 1690. The molecule has 3 aromatic rings. The third-order valence-electron chi connectivity index (χ3n) is 6.95. The summed E-state index contributed by atoms with van der Waals surface area (Å²) >= 11 is 12.9. The Hall–Kier alpha value is -4.85. The minimum absolute atomic E-state index is 0.184. The molecule has 0 unspecified atom stereocenters. The molecule has 3 aromatic carbocycles. The summed E-state index contributed by atoms with van der Waals surface area (Å²) in [7, 11) is 1.27. The maximum absolute atomic E-state index is 12.5. The predicted molar refractivity (Wildman–Crippen MR) is 172 cm³/mol. The van der Waals surface area contributed by atoms with Crippen LogP contribution in [0.15, 0.2) is 64.9 Å². The molecule has 2 aliphatic heterocycles. The van der Waals surface area contributed by atoms with Gasteiger partial charge in [-0.2, -0.15) is 5.10 Å². The lowest BCUT2D eigenvalue weighted by Gasteiger charge is -2.28. The van der Waals surface area contributed by atoms with Crippen LogP contribution in [0.1, 0.15) is 36.6 Å². The molecule has 15 heteroatoms. The summed E-state index contributed by atoms with van der Waals surface area (Å²) in [4.78, 5) is 24.6. The largest absolute Gasteiger partial charge is 0.490 e. The van der Waals surface area contributed by atoms with E-state index in [0.717, 1.165) is 5.56 Å². The Morgan fingerprint density at radius 2 is 1.85 bits per heavy atom. The number of nitrogens with zero attached hydrogens (tertiary/aromatic N) is 1. The predicted octanol–water partition coefficient (Wildman–Crippen LogP) is 4.82. The molecular formula is C32H32Cl2N4O9. The SMILES string of the molecule is CCOc1cc([C@@H]2NC(=O)NC(C)=C2C(=O)OC)ccc1OC[C@H](O)N/N=C\c1cc(Cl)c(OCc2ccc3c(c2)OCO3)c(Cl)c1. The van der Waals surface area contributed by atoms with Gasteiger partial charge in [0.05, 0.1) is 41.6 Å².